The molecule has 1 aliphatic rings. The average molecular weight is 282 g/mol. The van der Waals surface area contributed by atoms with Crippen molar-refractivity contribution in [2.45, 2.75) is 92.0 Å². The van der Waals surface area contributed by atoms with Crippen molar-refractivity contribution in [1.29, 1.82) is 0 Å². The van der Waals surface area contributed by atoms with Gasteiger partial charge in [-0.1, -0.05) is 46.5 Å². The van der Waals surface area contributed by atoms with Crippen LogP contribution in [0.3, 0.4) is 0 Å². The number of hydrogen-bond acceptors (Lipinski definition) is 1. The monoisotopic (exact) mass is 281 g/mol. The lowest BCUT2D eigenvalue weighted by Gasteiger charge is -2.39. The molecule has 0 bridgehead atoms. The molecule has 1 rings (SSSR count). The summed E-state index contributed by atoms with van der Waals surface area (Å²) < 4.78 is 0. The number of hydrogen-bond donors (Lipinski definition) is 1. The van der Waals surface area contributed by atoms with E-state index in [1.54, 1.807) is 0 Å². The fourth-order valence-corrected chi connectivity index (χ4v) is 3.92. The second kappa shape index (κ2) is 8.41. The van der Waals surface area contributed by atoms with Gasteiger partial charge in [-0.05, 0) is 70.3 Å². The summed E-state index contributed by atoms with van der Waals surface area (Å²) in [5, 5.41) is 3.76. The Labute approximate surface area is 128 Å². The van der Waals surface area contributed by atoms with E-state index in [0.717, 1.165) is 23.7 Å². The van der Waals surface area contributed by atoms with Gasteiger partial charge in [-0.25, -0.2) is 0 Å². The molecule has 0 aromatic carbocycles. The minimum absolute atomic E-state index is 0.265. The first kappa shape index (κ1) is 18.0. The second-order valence-electron chi connectivity index (χ2n) is 8.37. The predicted molar refractivity (Wildman–Crippen MR) is 91.1 cm³/mol. The van der Waals surface area contributed by atoms with E-state index in [9.17, 15) is 0 Å². The lowest BCUT2D eigenvalue weighted by molar-refractivity contribution is 0.139. The smallest absolute Gasteiger partial charge is 0.00966 e. The Bertz CT molecular complexity index is 253. The third kappa shape index (κ3) is 6.61. The molecule has 1 fully saturated rings. The fraction of sp³-hybridized carbons (Fsp3) is 1.00. The first-order valence-corrected chi connectivity index (χ1v) is 9.10. The van der Waals surface area contributed by atoms with Gasteiger partial charge < -0.3 is 5.32 Å². The summed E-state index contributed by atoms with van der Waals surface area (Å²) in [5.74, 6) is 3.79. The molecule has 20 heavy (non-hydrogen) atoms. The fourth-order valence-electron chi connectivity index (χ4n) is 3.92. The third-order valence-electron chi connectivity index (χ3n) is 5.21. The zero-order chi connectivity index (χ0) is 15.2. The maximum Gasteiger partial charge on any atom is 0.00966 e. The maximum absolute atomic E-state index is 3.76. The van der Waals surface area contributed by atoms with Gasteiger partial charge in [-0.15, -0.1) is 0 Å². The first-order chi connectivity index (χ1) is 9.35. The maximum atomic E-state index is 3.76. The zero-order valence-corrected chi connectivity index (χ0v) is 15.0. The summed E-state index contributed by atoms with van der Waals surface area (Å²) in [6, 6.07) is 0. The average Bonchev–Trinajstić information content (AvgIpc) is 2.36. The van der Waals surface area contributed by atoms with Crippen LogP contribution in [0.25, 0.3) is 0 Å². The normalized spacial score (nSPS) is 29.4. The third-order valence-corrected chi connectivity index (χ3v) is 5.21. The second-order valence-corrected chi connectivity index (χ2v) is 8.37. The molecule has 4 atom stereocenters. The van der Waals surface area contributed by atoms with Crippen LogP contribution in [0.1, 0.15) is 86.5 Å². The van der Waals surface area contributed by atoms with E-state index in [1.165, 1.54) is 51.5 Å². The Morgan fingerprint density at radius 2 is 1.80 bits per heavy atom. The molecule has 120 valence electrons. The van der Waals surface area contributed by atoms with Gasteiger partial charge in [-0.3, -0.25) is 0 Å². The van der Waals surface area contributed by atoms with E-state index >= 15 is 0 Å². The lowest BCUT2D eigenvalue weighted by atomic mass is 9.69. The van der Waals surface area contributed by atoms with Gasteiger partial charge in [0.2, 0.25) is 0 Å². The van der Waals surface area contributed by atoms with E-state index in [4.69, 9.17) is 0 Å². The van der Waals surface area contributed by atoms with Crippen LogP contribution in [0.4, 0.5) is 0 Å². The number of rotatable bonds is 7. The lowest BCUT2D eigenvalue weighted by Crippen LogP contribution is -2.42. The van der Waals surface area contributed by atoms with Gasteiger partial charge in [-0.2, -0.15) is 0 Å². The molecule has 0 aromatic heterocycles. The molecule has 0 spiro atoms. The molecule has 0 radical (unpaired) electrons. The van der Waals surface area contributed by atoms with Crippen molar-refractivity contribution in [1.82, 2.24) is 5.32 Å². The van der Waals surface area contributed by atoms with Crippen LogP contribution in [0, 0.1) is 23.7 Å². The van der Waals surface area contributed by atoms with Gasteiger partial charge in [0, 0.05) is 5.54 Å². The predicted octanol–water partition coefficient (Wildman–Crippen LogP) is 5.64. The summed E-state index contributed by atoms with van der Waals surface area (Å²) in [4.78, 5) is 0. The molecule has 1 heteroatoms. The molecule has 0 saturated heterocycles. The molecule has 1 aliphatic carbocycles. The van der Waals surface area contributed by atoms with Gasteiger partial charge in [0.05, 0.1) is 0 Å². The zero-order valence-electron chi connectivity index (χ0n) is 15.0. The van der Waals surface area contributed by atoms with Crippen LogP contribution < -0.4 is 5.32 Å². The van der Waals surface area contributed by atoms with Crippen molar-refractivity contribution in [3.8, 4) is 0 Å². The summed E-state index contributed by atoms with van der Waals surface area (Å²) in [5.41, 5.74) is 0.265. The molecule has 0 heterocycles. The van der Waals surface area contributed by atoms with Crippen LogP contribution in [-0.4, -0.2) is 12.1 Å². The topological polar surface area (TPSA) is 12.0 Å². The summed E-state index contributed by atoms with van der Waals surface area (Å²) in [6.07, 6.45) is 10.00. The summed E-state index contributed by atoms with van der Waals surface area (Å²) in [6.45, 7) is 15.3. The van der Waals surface area contributed by atoms with E-state index in [-0.39, 0.29) is 5.54 Å². The highest BCUT2D eigenvalue weighted by Gasteiger charge is 2.31. The largest absolute Gasteiger partial charge is 0.312 e. The Hall–Kier alpha value is -0.0400. The molecule has 0 amide bonds. The van der Waals surface area contributed by atoms with Crippen molar-refractivity contribution < 1.29 is 0 Å². The van der Waals surface area contributed by atoms with Crippen LogP contribution >= 0.6 is 0 Å². The van der Waals surface area contributed by atoms with Gasteiger partial charge in [0.1, 0.15) is 0 Å². The van der Waals surface area contributed by atoms with Crippen LogP contribution in [0.5, 0.6) is 0 Å². The van der Waals surface area contributed by atoms with Crippen molar-refractivity contribution in [3.63, 3.8) is 0 Å². The molecule has 1 N–H and O–H groups in total. The Morgan fingerprint density at radius 3 is 2.35 bits per heavy atom. The standard InChI is InChI=1S/C19H39N/c1-7-9-15(3)12-18-13-16(8-2)10-11-17(18)14-20-19(4,5)6/h15-18,20H,7-14H2,1-6H3. The van der Waals surface area contributed by atoms with Crippen LogP contribution in [0.15, 0.2) is 0 Å². The van der Waals surface area contributed by atoms with Gasteiger partial charge in [0.15, 0.2) is 0 Å². The van der Waals surface area contributed by atoms with E-state index < -0.39 is 0 Å². The Kier molecular flexibility index (Phi) is 7.58. The Morgan fingerprint density at radius 1 is 1.10 bits per heavy atom. The highest BCUT2D eigenvalue weighted by Crippen LogP contribution is 2.39. The molecule has 0 aromatic rings. The van der Waals surface area contributed by atoms with Crippen LogP contribution in [-0.2, 0) is 0 Å². The van der Waals surface area contributed by atoms with E-state index in [0.29, 0.717) is 0 Å². The van der Waals surface area contributed by atoms with Crippen molar-refractivity contribution in [2.75, 3.05) is 6.54 Å². The highest BCUT2D eigenvalue weighted by molar-refractivity contribution is 4.84. The van der Waals surface area contributed by atoms with E-state index in [1.807, 2.05) is 0 Å². The molecular weight excluding hydrogens is 242 g/mol. The SMILES string of the molecule is CCCC(C)CC1CC(CC)CCC1CNC(C)(C)C. The summed E-state index contributed by atoms with van der Waals surface area (Å²) >= 11 is 0. The molecule has 1 nitrogen and oxygen atoms in total. The van der Waals surface area contributed by atoms with E-state index in [2.05, 4.69) is 46.9 Å². The molecule has 1 saturated carbocycles. The quantitative estimate of drug-likeness (QED) is 0.636. The molecule has 4 unspecified atom stereocenters. The Balaban J connectivity index is 2.54. The highest BCUT2D eigenvalue weighted by atomic mass is 14.9. The molecular formula is C19H39N. The number of nitrogens with one attached hydrogen (secondary N) is 1. The minimum Gasteiger partial charge on any atom is -0.312 e. The van der Waals surface area contributed by atoms with Crippen molar-refractivity contribution >= 4 is 0 Å². The first-order valence-electron chi connectivity index (χ1n) is 9.10. The minimum atomic E-state index is 0.265. The summed E-state index contributed by atoms with van der Waals surface area (Å²) in [7, 11) is 0. The van der Waals surface area contributed by atoms with Crippen molar-refractivity contribution in [3.05, 3.63) is 0 Å². The van der Waals surface area contributed by atoms with Crippen LogP contribution in [0.2, 0.25) is 0 Å². The van der Waals surface area contributed by atoms with Gasteiger partial charge >= 0.3 is 0 Å². The van der Waals surface area contributed by atoms with Crippen molar-refractivity contribution in [2.24, 2.45) is 23.7 Å². The van der Waals surface area contributed by atoms with Gasteiger partial charge in [0.25, 0.3) is 0 Å². The molecule has 0 aliphatic heterocycles.